The molecule has 0 aliphatic carbocycles. The zero-order valence-corrected chi connectivity index (χ0v) is 9.35. The summed E-state index contributed by atoms with van der Waals surface area (Å²) in [5.41, 5.74) is 0.119. The van der Waals surface area contributed by atoms with E-state index in [1.54, 1.807) is 19.9 Å². The number of hydrogen-bond donors (Lipinski definition) is 0. The molecule has 0 aromatic heterocycles. The summed E-state index contributed by atoms with van der Waals surface area (Å²) in [5.74, 6) is 0.208. The summed E-state index contributed by atoms with van der Waals surface area (Å²) in [4.78, 5) is 0. The van der Waals surface area contributed by atoms with Gasteiger partial charge in [0.25, 0.3) is 0 Å². The maximum Gasteiger partial charge on any atom is 0.417 e. The van der Waals surface area contributed by atoms with Gasteiger partial charge >= 0.3 is 6.18 Å². The van der Waals surface area contributed by atoms with Crippen LogP contribution in [0.5, 0.6) is 5.75 Å². The van der Waals surface area contributed by atoms with Gasteiger partial charge in [0.2, 0.25) is 0 Å². The van der Waals surface area contributed by atoms with Crippen LogP contribution in [-0.4, -0.2) is 7.11 Å². The standard InChI is InChI=1S/C12H13F3O/c1-4-8(2)10-6-5-9(16-3)7-11(10)12(13,14)15/h4-7H,1-3H3/b8-4+. The van der Waals surface area contributed by atoms with Gasteiger partial charge in [-0.3, -0.25) is 0 Å². The number of ether oxygens (including phenoxy) is 1. The van der Waals surface area contributed by atoms with E-state index in [0.29, 0.717) is 5.57 Å². The van der Waals surface area contributed by atoms with Gasteiger partial charge in [-0.15, -0.1) is 0 Å². The fourth-order valence-corrected chi connectivity index (χ4v) is 1.38. The normalized spacial score (nSPS) is 12.8. The third kappa shape index (κ3) is 2.56. The van der Waals surface area contributed by atoms with E-state index < -0.39 is 11.7 Å². The van der Waals surface area contributed by atoms with Gasteiger partial charge < -0.3 is 4.74 Å². The first-order valence-electron chi connectivity index (χ1n) is 4.78. The Bertz CT molecular complexity index is 405. The Hall–Kier alpha value is -1.45. The lowest BCUT2D eigenvalue weighted by molar-refractivity contribution is -0.137. The van der Waals surface area contributed by atoms with Crippen LogP contribution in [0.3, 0.4) is 0 Å². The van der Waals surface area contributed by atoms with E-state index >= 15 is 0 Å². The zero-order valence-electron chi connectivity index (χ0n) is 9.35. The molecule has 4 heteroatoms. The average Bonchev–Trinajstić information content (AvgIpc) is 2.26. The molecular formula is C12H13F3O. The van der Waals surface area contributed by atoms with Crippen molar-refractivity contribution in [2.24, 2.45) is 0 Å². The molecule has 0 unspecified atom stereocenters. The molecule has 1 rings (SSSR count). The predicted octanol–water partition coefficient (Wildman–Crippen LogP) is 4.14. The second-order valence-electron chi connectivity index (χ2n) is 3.38. The van der Waals surface area contributed by atoms with Crippen LogP contribution < -0.4 is 4.74 Å². The first kappa shape index (κ1) is 12.6. The van der Waals surface area contributed by atoms with Crippen molar-refractivity contribution in [3.63, 3.8) is 0 Å². The second-order valence-corrected chi connectivity index (χ2v) is 3.38. The molecule has 1 aromatic carbocycles. The number of benzene rings is 1. The van der Waals surface area contributed by atoms with Gasteiger partial charge in [0.05, 0.1) is 12.7 Å². The minimum atomic E-state index is -4.37. The zero-order chi connectivity index (χ0) is 12.3. The van der Waals surface area contributed by atoms with Crippen molar-refractivity contribution in [2.75, 3.05) is 7.11 Å². The van der Waals surface area contributed by atoms with Gasteiger partial charge in [-0.25, -0.2) is 0 Å². The van der Waals surface area contributed by atoms with E-state index in [-0.39, 0.29) is 11.3 Å². The van der Waals surface area contributed by atoms with Crippen LogP contribution in [0.2, 0.25) is 0 Å². The summed E-state index contributed by atoms with van der Waals surface area (Å²) >= 11 is 0. The van der Waals surface area contributed by atoms with Crippen molar-refractivity contribution >= 4 is 5.57 Å². The highest BCUT2D eigenvalue weighted by molar-refractivity contribution is 5.67. The highest BCUT2D eigenvalue weighted by Gasteiger charge is 2.34. The Morgan fingerprint density at radius 3 is 2.38 bits per heavy atom. The summed E-state index contributed by atoms with van der Waals surface area (Å²) in [7, 11) is 1.34. The van der Waals surface area contributed by atoms with Crippen molar-refractivity contribution in [3.8, 4) is 5.75 Å². The third-order valence-corrected chi connectivity index (χ3v) is 2.39. The van der Waals surface area contributed by atoms with Crippen molar-refractivity contribution in [1.29, 1.82) is 0 Å². The molecule has 0 heterocycles. The van der Waals surface area contributed by atoms with Gasteiger partial charge in [-0.05, 0) is 37.1 Å². The van der Waals surface area contributed by atoms with Crippen LogP contribution in [0.15, 0.2) is 24.3 Å². The molecule has 1 nitrogen and oxygen atoms in total. The number of alkyl halides is 3. The first-order valence-corrected chi connectivity index (χ1v) is 4.78. The topological polar surface area (TPSA) is 9.23 Å². The molecule has 0 saturated heterocycles. The van der Waals surface area contributed by atoms with Crippen LogP contribution in [0.25, 0.3) is 5.57 Å². The summed E-state index contributed by atoms with van der Waals surface area (Å²) in [6, 6.07) is 3.97. The predicted molar refractivity (Wildman–Crippen MR) is 57.3 cm³/mol. The Balaban J connectivity index is 3.39. The fourth-order valence-electron chi connectivity index (χ4n) is 1.38. The molecule has 0 atom stereocenters. The SMILES string of the molecule is C/C=C(\C)c1ccc(OC)cc1C(F)(F)F. The van der Waals surface area contributed by atoms with E-state index in [9.17, 15) is 13.2 Å². The van der Waals surface area contributed by atoms with E-state index in [2.05, 4.69) is 0 Å². The van der Waals surface area contributed by atoms with E-state index in [1.165, 1.54) is 19.2 Å². The maximum atomic E-state index is 12.8. The van der Waals surface area contributed by atoms with Crippen LogP contribution in [0.1, 0.15) is 25.0 Å². The summed E-state index contributed by atoms with van der Waals surface area (Å²) < 4.78 is 43.1. The lowest BCUT2D eigenvalue weighted by Crippen LogP contribution is -2.08. The van der Waals surface area contributed by atoms with Gasteiger partial charge in [0, 0.05) is 0 Å². The number of methoxy groups -OCH3 is 1. The van der Waals surface area contributed by atoms with Crippen LogP contribution in [0.4, 0.5) is 13.2 Å². The molecule has 88 valence electrons. The molecule has 1 aromatic rings. The van der Waals surface area contributed by atoms with E-state index in [4.69, 9.17) is 4.74 Å². The van der Waals surface area contributed by atoms with Gasteiger partial charge in [-0.1, -0.05) is 12.1 Å². The van der Waals surface area contributed by atoms with Crippen molar-refractivity contribution in [2.45, 2.75) is 20.0 Å². The van der Waals surface area contributed by atoms with Crippen molar-refractivity contribution in [3.05, 3.63) is 35.4 Å². The van der Waals surface area contributed by atoms with Crippen molar-refractivity contribution < 1.29 is 17.9 Å². The highest BCUT2D eigenvalue weighted by atomic mass is 19.4. The van der Waals surface area contributed by atoms with Crippen molar-refractivity contribution in [1.82, 2.24) is 0 Å². The smallest absolute Gasteiger partial charge is 0.417 e. The Kier molecular flexibility index (Phi) is 3.62. The lowest BCUT2D eigenvalue weighted by atomic mass is 10.00. The molecule has 0 N–H and O–H groups in total. The quantitative estimate of drug-likeness (QED) is 0.742. The van der Waals surface area contributed by atoms with Crippen LogP contribution >= 0.6 is 0 Å². The van der Waals surface area contributed by atoms with Crippen LogP contribution in [-0.2, 0) is 6.18 Å². The fraction of sp³-hybridized carbons (Fsp3) is 0.333. The minimum absolute atomic E-state index is 0.191. The molecule has 0 aliphatic heterocycles. The summed E-state index contributed by atoms with van der Waals surface area (Å²) in [5, 5.41) is 0. The molecule has 0 spiro atoms. The van der Waals surface area contributed by atoms with E-state index in [1.807, 2.05) is 0 Å². The number of halogens is 3. The molecule has 16 heavy (non-hydrogen) atoms. The van der Waals surface area contributed by atoms with Crippen LogP contribution in [0, 0.1) is 0 Å². The summed E-state index contributed by atoms with van der Waals surface area (Å²) in [6.07, 6.45) is -2.72. The second kappa shape index (κ2) is 4.60. The molecule has 0 fully saturated rings. The van der Waals surface area contributed by atoms with Gasteiger partial charge in [0.1, 0.15) is 5.75 Å². The number of hydrogen-bond acceptors (Lipinski definition) is 1. The van der Waals surface area contributed by atoms with E-state index in [0.717, 1.165) is 6.07 Å². The molecule has 0 amide bonds. The average molecular weight is 230 g/mol. The number of allylic oxidation sites excluding steroid dienone is 2. The summed E-state index contributed by atoms with van der Waals surface area (Å²) in [6.45, 7) is 3.36. The first-order chi connectivity index (χ1) is 7.40. The molecule has 0 aliphatic rings. The number of rotatable bonds is 2. The maximum absolute atomic E-state index is 12.8. The van der Waals surface area contributed by atoms with Gasteiger partial charge in [-0.2, -0.15) is 13.2 Å². The molecule has 0 saturated carbocycles. The molecular weight excluding hydrogens is 217 g/mol. The van der Waals surface area contributed by atoms with Gasteiger partial charge in [0.15, 0.2) is 0 Å². The monoisotopic (exact) mass is 230 g/mol. The highest BCUT2D eigenvalue weighted by Crippen LogP contribution is 2.36. The molecule has 0 radical (unpaired) electrons. The largest absolute Gasteiger partial charge is 0.497 e. The third-order valence-electron chi connectivity index (χ3n) is 2.39. The Labute approximate surface area is 92.5 Å². The Morgan fingerprint density at radius 2 is 1.94 bits per heavy atom. The lowest BCUT2D eigenvalue weighted by Gasteiger charge is -2.14. The minimum Gasteiger partial charge on any atom is -0.497 e. The Morgan fingerprint density at radius 1 is 1.31 bits per heavy atom. The molecule has 0 bridgehead atoms.